The topological polar surface area (TPSA) is 117 Å². The van der Waals surface area contributed by atoms with Crippen molar-refractivity contribution in [1.29, 1.82) is 0 Å². The number of benzene rings is 2. The predicted octanol–water partition coefficient (Wildman–Crippen LogP) is 3.55. The molecular weight excluding hydrogens is 455 g/mol. The molecule has 0 aromatic heterocycles. The van der Waals surface area contributed by atoms with Crippen molar-refractivity contribution in [2.75, 3.05) is 10.6 Å². The SMILES string of the molecule is CC(C)(C)OC(=O)Nc1ccc(F)c(CNc2cccc3c2CN(C2CCC(=O)NC2=O)C3=O)c1. The van der Waals surface area contributed by atoms with E-state index in [9.17, 15) is 23.6 Å². The second kappa shape index (κ2) is 9.36. The van der Waals surface area contributed by atoms with Gasteiger partial charge in [-0.05, 0) is 57.5 Å². The van der Waals surface area contributed by atoms with Crippen molar-refractivity contribution in [2.45, 2.75) is 58.3 Å². The highest BCUT2D eigenvalue weighted by molar-refractivity contribution is 6.06. The third kappa shape index (κ3) is 5.42. The van der Waals surface area contributed by atoms with Gasteiger partial charge in [-0.1, -0.05) is 6.07 Å². The molecule has 2 aromatic rings. The van der Waals surface area contributed by atoms with Gasteiger partial charge in [-0.15, -0.1) is 0 Å². The van der Waals surface area contributed by atoms with Crippen LogP contribution in [0.2, 0.25) is 0 Å². The summed E-state index contributed by atoms with van der Waals surface area (Å²) < 4.78 is 19.7. The summed E-state index contributed by atoms with van der Waals surface area (Å²) in [5.74, 6) is -1.56. The number of imide groups is 1. The molecule has 0 radical (unpaired) electrons. The van der Waals surface area contributed by atoms with Gasteiger partial charge in [-0.25, -0.2) is 9.18 Å². The average Bonchev–Trinajstić information content (AvgIpc) is 3.10. The van der Waals surface area contributed by atoms with Crippen molar-refractivity contribution < 1.29 is 28.3 Å². The Morgan fingerprint density at radius 2 is 1.97 bits per heavy atom. The number of nitrogens with one attached hydrogen (secondary N) is 3. The fourth-order valence-electron chi connectivity index (χ4n) is 4.15. The maximum atomic E-state index is 14.5. The van der Waals surface area contributed by atoms with Gasteiger partial charge in [-0.3, -0.25) is 25.0 Å². The van der Waals surface area contributed by atoms with Crippen LogP contribution in [0.25, 0.3) is 0 Å². The monoisotopic (exact) mass is 482 g/mol. The number of halogens is 1. The molecule has 4 rings (SSSR count). The summed E-state index contributed by atoms with van der Waals surface area (Å²) in [5.41, 5.74) is 1.82. The van der Waals surface area contributed by atoms with E-state index in [0.29, 0.717) is 28.1 Å². The lowest BCUT2D eigenvalue weighted by atomic mass is 10.0. The molecule has 1 unspecified atom stereocenters. The first-order valence-electron chi connectivity index (χ1n) is 11.3. The predicted molar refractivity (Wildman–Crippen MR) is 126 cm³/mol. The van der Waals surface area contributed by atoms with Crippen LogP contribution in [-0.4, -0.2) is 40.4 Å². The van der Waals surface area contributed by atoms with E-state index in [2.05, 4.69) is 16.0 Å². The largest absolute Gasteiger partial charge is 0.444 e. The summed E-state index contributed by atoms with van der Waals surface area (Å²) in [6, 6.07) is 8.67. The Morgan fingerprint density at radius 3 is 2.69 bits per heavy atom. The van der Waals surface area contributed by atoms with Crippen LogP contribution >= 0.6 is 0 Å². The molecule has 0 saturated carbocycles. The zero-order valence-electron chi connectivity index (χ0n) is 19.7. The summed E-state index contributed by atoms with van der Waals surface area (Å²) in [5, 5.41) is 8.04. The number of anilines is 2. The Bertz CT molecular complexity index is 1210. The Hall–Kier alpha value is -3.95. The van der Waals surface area contributed by atoms with Gasteiger partial charge in [-0.2, -0.15) is 0 Å². The van der Waals surface area contributed by atoms with Crippen molar-refractivity contribution in [3.8, 4) is 0 Å². The van der Waals surface area contributed by atoms with Crippen molar-refractivity contribution in [3.63, 3.8) is 0 Å². The van der Waals surface area contributed by atoms with Gasteiger partial charge in [0, 0.05) is 47.6 Å². The number of ether oxygens (including phenoxy) is 1. The van der Waals surface area contributed by atoms with E-state index in [0.717, 1.165) is 0 Å². The van der Waals surface area contributed by atoms with Crippen LogP contribution in [-0.2, 0) is 27.4 Å². The minimum atomic E-state index is -0.714. The molecular formula is C25H27FN4O5. The zero-order valence-corrected chi connectivity index (χ0v) is 19.7. The third-order valence-electron chi connectivity index (χ3n) is 5.74. The number of hydrogen-bond donors (Lipinski definition) is 3. The quantitative estimate of drug-likeness (QED) is 0.562. The molecule has 1 saturated heterocycles. The third-order valence-corrected chi connectivity index (χ3v) is 5.74. The fourth-order valence-corrected chi connectivity index (χ4v) is 4.15. The van der Waals surface area contributed by atoms with E-state index in [1.165, 1.54) is 23.1 Å². The number of rotatable bonds is 5. The molecule has 2 aliphatic rings. The second-order valence-corrected chi connectivity index (χ2v) is 9.52. The van der Waals surface area contributed by atoms with Crippen LogP contribution in [0, 0.1) is 5.82 Å². The van der Waals surface area contributed by atoms with Gasteiger partial charge < -0.3 is 15.0 Å². The molecule has 35 heavy (non-hydrogen) atoms. The zero-order chi connectivity index (χ0) is 25.3. The standard InChI is InChI=1S/C25H27FN4O5/c1-25(2,3)35-24(34)28-15-7-8-18(26)14(11-15)12-27-19-6-4-5-16-17(19)13-30(23(16)33)20-9-10-21(31)29-22(20)32/h4-8,11,20,27H,9-10,12-13H2,1-3H3,(H,28,34)(H,29,31,32). The minimum absolute atomic E-state index is 0.0960. The number of carbonyl (C=O) groups is 4. The van der Waals surface area contributed by atoms with Crippen LogP contribution in [0.15, 0.2) is 36.4 Å². The van der Waals surface area contributed by atoms with E-state index in [1.54, 1.807) is 39.0 Å². The van der Waals surface area contributed by atoms with Crippen LogP contribution in [0.3, 0.4) is 0 Å². The summed E-state index contributed by atoms with van der Waals surface area (Å²) in [6.07, 6.45) is -0.194. The Balaban J connectivity index is 1.47. The van der Waals surface area contributed by atoms with E-state index < -0.39 is 29.5 Å². The maximum Gasteiger partial charge on any atom is 0.412 e. The molecule has 0 aliphatic carbocycles. The lowest BCUT2D eigenvalue weighted by molar-refractivity contribution is -0.136. The first-order valence-corrected chi connectivity index (χ1v) is 11.3. The van der Waals surface area contributed by atoms with E-state index in [-0.39, 0.29) is 37.7 Å². The highest BCUT2D eigenvalue weighted by Gasteiger charge is 2.39. The summed E-state index contributed by atoms with van der Waals surface area (Å²) in [7, 11) is 0. The Labute approximate surface area is 202 Å². The van der Waals surface area contributed by atoms with E-state index in [4.69, 9.17) is 4.74 Å². The van der Waals surface area contributed by atoms with E-state index in [1.807, 2.05) is 0 Å². The van der Waals surface area contributed by atoms with Gasteiger partial charge in [0.2, 0.25) is 11.8 Å². The summed E-state index contributed by atoms with van der Waals surface area (Å²) in [6.45, 7) is 5.54. The number of fused-ring (bicyclic) bond motifs is 1. The fraction of sp³-hybridized carbons (Fsp3) is 0.360. The minimum Gasteiger partial charge on any atom is -0.444 e. The number of nitrogens with zero attached hydrogens (tertiary/aromatic N) is 1. The van der Waals surface area contributed by atoms with Crippen molar-refractivity contribution in [1.82, 2.24) is 10.2 Å². The van der Waals surface area contributed by atoms with Crippen LogP contribution in [0.5, 0.6) is 0 Å². The second-order valence-electron chi connectivity index (χ2n) is 9.52. The van der Waals surface area contributed by atoms with Gasteiger partial charge in [0.1, 0.15) is 17.5 Å². The summed E-state index contributed by atoms with van der Waals surface area (Å²) >= 11 is 0. The molecule has 4 amide bonds. The van der Waals surface area contributed by atoms with Gasteiger partial charge >= 0.3 is 6.09 Å². The number of carbonyl (C=O) groups excluding carboxylic acids is 4. The van der Waals surface area contributed by atoms with Crippen LogP contribution in [0.4, 0.5) is 20.6 Å². The molecule has 0 spiro atoms. The first kappa shape index (κ1) is 24.2. The molecule has 1 atom stereocenters. The number of hydrogen-bond acceptors (Lipinski definition) is 6. The molecule has 10 heteroatoms. The van der Waals surface area contributed by atoms with Crippen molar-refractivity contribution in [2.24, 2.45) is 0 Å². The van der Waals surface area contributed by atoms with Gasteiger partial charge in [0.15, 0.2) is 0 Å². The average molecular weight is 483 g/mol. The number of piperidine rings is 1. The molecule has 2 aromatic carbocycles. The van der Waals surface area contributed by atoms with Crippen LogP contribution < -0.4 is 16.0 Å². The molecule has 2 aliphatic heterocycles. The lowest BCUT2D eigenvalue weighted by Crippen LogP contribution is -2.52. The van der Waals surface area contributed by atoms with Gasteiger partial charge in [0.05, 0.1) is 0 Å². The smallest absolute Gasteiger partial charge is 0.412 e. The molecule has 9 nitrogen and oxygen atoms in total. The molecule has 184 valence electrons. The molecule has 3 N–H and O–H groups in total. The summed E-state index contributed by atoms with van der Waals surface area (Å²) in [4.78, 5) is 50.2. The molecule has 2 heterocycles. The Morgan fingerprint density at radius 1 is 1.20 bits per heavy atom. The Kier molecular flexibility index (Phi) is 6.47. The maximum absolute atomic E-state index is 14.5. The van der Waals surface area contributed by atoms with Crippen LogP contribution in [0.1, 0.15) is 55.1 Å². The molecule has 1 fully saturated rings. The highest BCUT2D eigenvalue weighted by atomic mass is 19.1. The lowest BCUT2D eigenvalue weighted by Gasteiger charge is -2.29. The first-order chi connectivity index (χ1) is 16.5. The van der Waals surface area contributed by atoms with E-state index >= 15 is 0 Å². The van der Waals surface area contributed by atoms with Crippen molar-refractivity contribution >= 4 is 35.2 Å². The normalized spacial score (nSPS) is 17.7. The van der Waals surface area contributed by atoms with Crippen molar-refractivity contribution in [3.05, 3.63) is 58.9 Å². The highest BCUT2D eigenvalue weighted by Crippen LogP contribution is 2.32. The molecule has 0 bridgehead atoms. The van der Waals surface area contributed by atoms with Gasteiger partial charge in [0.25, 0.3) is 5.91 Å². The number of amides is 4.